The maximum absolute atomic E-state index is 14.3. The van der Waals surface area contributed by atoms with Crippen LogP contribution in [0.3, 0.4) is 0 Å². The molecule has 0 radical (unpaired) electrons. The molecule has 0 unspecified atom stereocenters. The van der Waals surface area contributed by atoms with Crippen molar-refractivity contribution in [3.05, 3.63) is 78.3 Å². The van der Waals surface area contributed by atoms with Gasteiger partial charge < -0.3 is 21.3 Å². The van der Waals surface area contributed by atoms with Gasteiger partial charge in [-0.25, -0.2) is 9.37 Å². The van der Waals surface area contributed by atoms with Gasteiger partial charge >= 0.3 is 0 Å². The number of likely N-dealkylation sites (tertiary alicyclic amines) is 1. The molecule has 3 aromatic rings. The standard InChI is InChI=1S/C26H28FN7O/c1-17-5-2-6-18(11-17)31-25-23(27)15-29-26(33-25)32-20-8-3-7-19(12-20)30-24(35)9-4-10-34-16-21-13-22(34)14-28-21/h2-9,11-12,15,21-22,28H,10,13-14,16H2,1H3,(H,30,35)(H2,29,31,32,33)/t21-,22-/m0/s1. The minimum absolute atomic E-state index is 0.0738. The third-order valence-corrected chi connectivity index (χ3v) is 6.19. The van der Waals surface area contributed by atoms with E-state index in [0.717, 1.165) is 37.1 Å². The predicted molar refractivity (Wildman–Crippen MR) is 136 cm³/mol. The first kappa shape index (κ1) is 22.9. The quantitative estimate of drug-likeness (QED) is 0.368. The molecule has 2 aromatic carbocycles. The first-order valence-electron chi connectivity index (χ1n) is 11.7. The Kier molecular flexibility index (Phi) is 6.69. The molecule has 2 fully saturated rings. The Morgan fingerprint density at radius 2 is 1.97 bits per heavy atom. The van der Waals surface area contributed by atoms with Gasteiger partial charge in [-0.05, 0) is 49.2 Å². The van der Waals surface area contributed by atoms with Crippen molar-refractivity contribution in [1.29, 1.82) is 0 Å². The highest BCUT2D eigenvalue weighted by molar-refractivity contribution is 5.99. The number of nitrogens with one attached hydrogen (secondary N) is 4. The number of fused-ring (bicyclic) bond motifs is 2. The van der Waals surface area contributed by atoms with Crippen molar-refractivity contribution in [3.8, 4) is 0 Å². The fraction of sp³-hybridized carbons (Fsp3) is 0.269. The van der Waals surface area contributed by atoms with Crippen LogP contribution in [0.2, 0.25) is 0 Å². The third kappa shape index (κ3) is 5.82. The molecule has 0 saturated carbocycles. The highest BCUT2D eigenvalue weighted by Gasteiger charge is 2.36. The summed E-state index contributed by atoms with van der Waals surface area (Å²) >= 11 is 0. The van der Waals surface area contributed by atoms with Crippen LogP contribution in [-0.4, -0.2) is 52.5 Å². The first-order valence-corrected chi connectivity index (χ1v) is 11.7. The minimum atomic E-state index is -0.553. The second kappa shape index (κ2) is 10.2. The van der Waals surface area contributed by atoms with Gasteiger partial charge in [-0.15, -0.1) is 0 Å². The van der Waals surface area contributed by atoms with E-state index in [2.05, 4.69) is 36.1 Å². The molecule has 1 amide bonds. The highest BCUT2D eigenvalue weighted by Crippen LogP contribution is 2.24. The monoisotopic (exact) mass is 473 g/mol. The fourth-order valence-electron chi connectivity index (χ4n) is 4.53. The van der Waals surface area contributed by atoms with Gasteiger partial charge in [0, 0.05) is 54.9 Å². The molecule has 2 aliphatic heterocycles. The van der Waals surface area contributed by atoms with Gasteiger partial charge in [0.2, 0.25) is 11.9 Å². The van der Waals surface area contributed by atoms with E-state index in [9.17, 15) is 9.18 Å². The number of carbonyl (C=O) groups excluding carboxylic acids is 1. The van der Waals surface area contributed by atoms with E-state index in [1.165, 1.54) is 6.42 Å². The van der Waals surface area contributed by atoms with E-state index < -0.39 is 5.82 Å². The number of aromatic nitrogens is 2. The molecule has 2 bridgehead atoms. The van der Waals surface area contributed by atoms with Crippen LogP contribution in [0, 0.1) is 12.7 Å². The molecule has 9 heteroatoms. The molecule has 1 aromatic heterocycles. The molecule has 0 aliphatic carbocycles. The Labute approximate surface area is 203 Å². The van der Waals surface area contributed by atoms with Gasteiger partial charge in [-0.3, -0.25) is 9.69 Å². The second-order valence-electron chi connectivity index (χ2n) is 8.93. The average Bonchev–Trinajstić information content (AvgIpc) is 3.45. The number of hydrogen-bond donors (Lipinski definition) is 4. The second-order valence-corrected chi connectivity index (χ2v) is 8.93. The zero-order chi connectivity index (χ0) is 24.2. The lowest BCUT2D eigenvalue weighted by Gasteiger charge is -2.25. The van der Waals surface area contributed by atoms with E-state index in [0.29, 0.717) is 23.5 Å². The Balaban J connectivity index is 1.19. The number of benzene rings is 2. The van der Waals surface area contributed by atoms with Gasteiger partial charge in [0.25, 0.3) is 0 Å². The Morgan fingerprint density at radius 1 is 1.17 bits per heavy atom. The molecule has 180 valence electrons. The first-order chi connectivity index (χ1) is 17.0. The summed E-state index contributed by atoms with van der Waals surface area (Å²) in [6, 6.07) is 16.0. The molecular formula is C26H28FN7O. The summed E-state index contributed by atoms with van der Waals surface area (Å²) in [6.45, 7) is 4.81. The highest BCUT2D eigenvalue weighted by atomic mass is 19.1. The van der Waals surface area contributed by atoms with Gasteiger partial charge in [-0.1, -0.05) is 24.3 Å². The molecule has 4 N–H and O–H groups in total. The van der Waals surface area contributed by atoms with Gasteiger partial charge in [0.05, 0.1) is 6.20 Å². The van der Waals surface area contributed by atoms with E-state index in [1.807, 2.05) is 49.4 Å². The SMILES string of the molecule is Cc1cccc(Nc2nc(Nc3cccc(NC(=O)C=CCN4C[C@@H]5C[C@H]4CN5)c3)ncc2F)c1. The number of halogens is 1. The van der Waals surface area contributed by atoms with E-state index >= 15 is 0 Å². The topological polar surface area (TPSA) is 94.2 Å². The summed E-state index contributed by atoms with van der Waals surface area (Å²) in [5, 5.41) is 12.4. The summed E-state index contributed by atoms with van der Waals surface area (Å²) in [4.78, 5) is 23.1. The van der Waals surface area contributed by atoms with Crippen LogP contribution in [0.15, 0.2) is 66.9 Å². The molecule has 8 nitrogen and oxygen atoms in total. The smallest absolute Gasteiger partial charge is 0.248 e. The molecule has 35 heavy (non-hydrogen) atoms. The lowest BCUT2D eigenvalue weighted by Crippen LogP contribution is -2.43. The number of amides is 1. The zero-order valence-corrected chi connectivity index (χ0v) is 19.5. The number of hydrogen-bond acceptors (Lipinski definition) is 7. The van der Waals surface area contributed by atoms with Gasteiger partial charge in [-0.2, -0.15) is 4.98 Å². The average molecular weight is 474 g/mol. The minimum Gasteiger partial charge on any atom is -0.338 e. The number of aryl methyl sites for hydroxylation is 1. The van der Waals surface area contributed by atoms with Crippen LogP contribution in [0.1, 0.15) is 12.0 Å². The van der Waals surface area contributed by atoms with Crippen LogP contribution in [0.4, 0.5) is 33.2 Å². The van der Waals surface area contributed by atoms with Crippen molar-refractivity contribution in [2.24, 2.45) is 0 Å². The Hall–Kier alpha value is -3.82. The number of nitrogens with zero attached hydrogens (tertiary/aromatic N) is 3. The van der Waals surface area contributed by atoms with E-state index in [-0.39, 0.29) is 17.7 Å². The Bertz CT molecular complexity index is 1250. The van der Waals surface area contributed by atoms with Gasteiger partial charge in [0.15, 0.2) is 11.6 Å². The molecule has 2 aliphatic rings. The summed E-state index contributed by atoms with van der Waals surface area (Å²) in [5.74, 6) is -0.431. The summed E-state index contributed by atoms with van der Waals surface area (Å²) in [7, 11) is 0. The fourth-order valence-corrected chi connectivity index (χ4v) is 4.53. The van der Waals surface area contributed by atoms with Crippen LogP contribution < -0.4 is 21.3 Å². The lowest BCUT2D eigenvalue weighted by atomic mass is 10.2. The number of piperazine rings is 1. The predicted octanol–water partition coefficient (Wildman–Crippen LogP) is 3.95. The molecule has 5 rings (SSSR count). The maximum Gasteiger partial charge on any atom is 0.248 e. The summed E-state index contributed by atoms with van der Waals surface area (Å²) < 4.78 is 14.3. The van der Waals surface area contributed by atoms with Crippen molar-refractivity contribution in [1.82, 2.24) is 20.2 Å². The number of anilines is 5. The number of carbonyl (C=O) groups is 1. The van der Waals surface area contributed by atoms with Crippen LogP contribution >= 0.6 is 0 Å². The lowest BCUT2D eigenvalue weighted by molar-refractivity contribution is -0.111. The van der Waals surface area contributed by atoms with Crippen molar-refractivity contribution in [2.45, 2.75) is 25.4 Å². The molecule has 2 saturated heterocycles. The summed E-state index contributed by atoms with van der Waals surface area (Å²) in [6.07, 6.45) is 5.80. The van der Waals surface area contributed by atoms with Crippen LogP contribution in [-0.2, 0) is 4.79 Å². The van der Waals surface area contributed by atoms with Crippen LogP contribution in [0.5, 0.6) is 0 Å². The molecule has 2 atom stereocenters. The van der Waals surface area contributed by atoms with Crippen molar-refractivity contribution < 1.29 is 9.18 Å². The van der Waals surface area contributed by atoms with Crippen LogP contribution in [0.25, 0.3) is 0 Å². The van der Waals surface area contributed by atoms with E-state index in [4.69, 9.17) is 0 Å². The van der Waals surface area contributed by atoms with Crippen molar-refractivity contribution in [2.75, 3.05) is 35.6 Å². The molecular weight excluding hydrogens is 445 g/mol. The number of rotatable bonds is 8. The third-order valence-electron chi connectivity index (χ3n) is 6.19. The van der Waals surface area contributed by atoms with Crippen molar-refractivity contribution >= 4 is 34.7 Å². The molecule has 0 spiro atoms. The summed E-state index contributed by atoms with van der Waals surface area (Å²) in [5.41, 5.74) is 3.09. The largest absolute Gasteiger partial charge is 0.338 e. The zero-order valence-electron chi connectivity index (χ0n) is 19.5. The van der Waals surface area contributed by atoms with E-state index in [1.54, 1.807) is 18.2 Å². The van der Waals surface area contributed by atoms with Crippen molar-refractivity contribution in [3.63, 3.8) is 0 Å². The molecule has 3 heterocycles. The Morgan fingerprint density at radius 3 is 2.74 bits per heavy atom. The maximum atomic E-state index is 14.3. The normalized spacial score (nSPS) is 19.3. The van der Waals surface area contributed by atoms with Gasteiger partial charge in [0.1, 0.15) is 0 Å².